The average molecular weight is 293 g/mol. The molecule has 0 aliphatic carbocycles. The lowest BCUT2D eigenvalue weighted by molar-refractivity contribution is 0.0309. The van der Waals surface area contributed by atoms with E-state index in [-0.39, 0.29) is 11.9 Å². The van der Waals surface area contributed by atoms with Crippen molar-refractivity contribution in [2.75, 3.05) is 26.9 Å². The minimum Gasteiger partial charge on any atom is -0.491 e. The molecule has 1 aromatic rings. The molecule has 1 amide bonds. The molecule has 0 spiro atoms. The molecule has 1 N–H and O–H groups in total. The van der Waals surface area contributed by atoms with E-state index in [1.807, 2.05) is 13.0 Å². The molecule has 5 nitrogen and oxygen atoms in total. The number of rotatable bonds is 5. The Balaban J connectivity index is 2.06. The molecule has 1 saturated heterocycles. The van der Waals surface area contributed by atoms with Crippen molar-refractivity contribution >= 4 is 5.91 Å². The zero-order valence-corrected chi connectivity index (χ0v) is 12.6. The first kappa shape index (κ1) is 15.8. The fourth-order valence-electron chi connectivity index (χ4n) is 2.50. The number of nitrogens with zero attached hydrogens (tertiary/aromatic N) is 1. The Morgan fingerprint density at radius 1 is 1.38 bits per heavy atom. The molecule has 2 rings (SSSR count). The van der Waals surface area contributed by atoms with Crippen LogP contribution in [-0.4, -0.2) is 54.9 Å². The number of methoxy groups -OCH3 is 1. The van der Waals surface area contributed by atoms with E-state index in [0.717, 1.165) is 12.8 Å². The summed E-state index contributed by atoms with van der Waals surface area (Å²) >= 11 is 0. The van der Waals surface area contributed by atoms with Gasteiger partial charge in [0.25, 0.3) is 5.91 Å². The third-order valence-electron chi connectivity index (χ3n) is 3.76. The average Bonchev–Trinajstić information content (AvgIpc) is 2.49. The van der Waals surface area contributed by atoms with E-state index in [1.54, 1.807) is 30.2 Å². The Kier molecular flexibility index (Phi) is 5.59. The van der Waals surface area contributed by atoms with Crippen molar-refractivity contribution in [3.05, 3.63) is 29.8 Å². The lowest BCUT2D eigenvalue weighted by atomic mass is 10.00. The van der Waals surface area contributed by atoms with E-state index in [9.17, 15) is 9.90 Å². The van der Waals surface area contributed by atoms with Crippen molar-refractivity contribution in [2.45, 2.75) is 31.9 Å². The van der Waals surface area contributed by atoms with Gasteiger partial charge in [0.1, 0.15) is 12.4 Å². The number of piperidine rings is 1. The summed E-state index contributed by atoms with van der Waals surface area (Å²) in [5.41, 5.74) is 0.589. The molecule has 0 bridgehead atoms. The first-order chi connectivity index (χ1) is 10.1. The Labute approximate surface area is 125 Å². The minimum absolute atomic E-state index is 0.0570. The van der Waals surface area contributed by atoms with Gasteiger partial charge in [-0.1, -0.05) is 6.07 Å². The normalized spacial score (nSPS) is 22.1. The number of aliphatic hydroxyl groups is 1. The number of amides is 1. The predicted molar refractivity (Wildman–Crippen MR) is 79.6 cm³/mol. The number of aliphatic hydroxyl groups excluding tert-OH is 1. The molecular formula is C16H23NO4. The molecule has 0 saturated carbocycles. The van der Waals surface area contributed by atoms with E-state index in [1.165, 1.54) is 0 Å². The van der Waals surface area contributed by atoms with Gasteiger partial charge in [0.15, 0.2) is 0 Å². The number of likely N-dealkylation sites (tertiary alicyclic amines) is 1. The van der Waals surface area contributed by atoms with Gasteiger partial charge in [-0.15, -0.1) is 0 Å². The molecule has 1 fully saturated rings. The van der Waals surface area contributed by atoms with Crippen molar-refractivity contribution in [2.24, 2.45) is 0 Å². The van der Waals surface area contributed by atoms with Crippen LogP contribution in [0.3, 0.4) is 0 Å². The minimum atomic E-state index is -0.425. The standard InChI is InChI=1S/C16H23NO4/c1-12-6-7-14(18)11-17(12)16(19)13-4-3-5-15(10-13)21-9-8-20-2/h3-5,10,12,14,18H,6-9,11H2,1-2H3. The summed E-state index contributed by atoms with van der Waals surface area (Å²) in [5.74, 6) is 0.599. The van der Waals surface area contributed by atoms with Gasteiger partial charge in [-0.3, -0.25) is 4.79 Å². The summed E-state index contributed by atoms with van der Waals surface area (Å²) in [4.78, 5) is 14.3. The van der Waals surface area contributed by atoms with Crippen molar-refractivity contribution in [3.8, 4) is 5.75 Å². The van der Waals surface area contributed by atoms with E-state index in [2.05, 4.69) is 0 Å². The molecule has 0 radical (unpaired) electrons. The summed E-state index contributed by atoms with van der Waals surface area (Å²) in [6, 6.07) is 7.30. The van der Waals surface area contributed by atoms with Gasteiger partial charge in [-0.2, -0.15) is 0 Å². The quantitative estimate of drug-likeness (QED) is 0.839. The molecule has 2 atom stereocenters. The fourth-order valence-corrected chi connectivity index (χ4v) is 2.50. The highest BCUT2D eigenvalue weighted by atomic mass is 16.5. The molecular weight excluding hydrogens is 270 g/mol. The van der Waals surface area contributed by atoms with E-state index in [4.69, 9.17) is 9.47 Å². The molecule has 1 aromatic carbocycles. The second kappa shape index (κ2) is 7.43. The Hall–Kier alpha value is -1.59. The van der Waals surface area contributed by atoms with Crippen LogP contribution in [-0.2, 0) is 4.74 Å². The second-order valence-corrected chi connectivity index (χ2v) is 5.41. The van der Waals surface area contributed by atoms with Crippen LogP contribution in [0.4, 0.5) is 0 Å². The van der Waals surface area contributed by atoms with Gasteiger partial charge < -0.3 is 19.5 Å². The maximum Gasteiger partial charge on any atom is 0.254 e. The molecule has 0 aromatic heterocycles. The van der Waals surface area contributed by atoms with Crippen LogP contribution in [0, 0.1) is 0 Å². The van der Waals surface area contributed by atoms with Gasteiger partial charge in [0.05, 0.1) is 12.7 Å². The number of carbonyl (C=O) groups excluding carboxylic acids is 1. The zero-order valence-electron chi connectivity index (χ0n) is 12.6. The second-order valence-electron chi connectivity index (χ2n) is 5.41. The van der Waals surface area contributed by atoms with Crippen LogP contribution in [0.5, 0.6) is 5.75 Å². The highest BCUT2D eigenvalue weighted by Crippen LogP contribution is 2.21. The van der Waals surface area contributed by atoms with Crippen molar-refractivity contribution in [3.63, 3.8) is 0 Å². The van der Waals surface area contributed by atoms with Crippen molar-refractivity contribution in [1.29, 1.82) is 0 Å². The third-order valence-corrected chi connectivity index (χ3v) is 3.76. The van der Waals surface area contributed by atoms with Gasteiger partial charge in [-0.05, 0) is 38.0 Å². The largest absolute Gasteiger partial charge is 0.491 e. The number of hydrogen-bond donors (Lipinski definition) is 1. The highest BCUT2D eigenvalue weighted by Gasteiger charge is 2.28. The smallest absolute Gasteiger partial charge is 0.254 e. The Morgan fingerprint density at radius 3 is 2.95 bits per heavy atom. The van der Waals surface area contributed by atoms with Gasteiger partial charge in [0, 0.05) is 25.3 Å². The number of β-amino-alcohol motifs (C(OH)–C–C–N with tert-alkyl or cyclic N) is 1. The van der Waals surface area contributed by atoms with E-state index >= 15 is 0 Å². The first-order valence-corrected chi connectivity index (χ1v) is 7.32. The van der Waals surface area contributed by atoms with Gasteiger partial charge >= 0.3 is 0 Å². The maximum absolute atomic E-state index is 12.6. The van der Waals surface area contributed by atoms with Crippen LogP contribution in [0.25, 0.3) is 0 Å². The van der Waals surface area contributed by atoms with Gasteiger partial charge in [-0.25, -0.2) is 0 Å². The molecule has 1 aliphatic heterocycles. The zero-order chi connectivity index (χ0) is 15.2. The van der Waals surface area contributed by atoms with Crippen LogP contribution in [0.1, 0.15) is 30.1 Å². The third kappa shape index (κ3) is 4.19. The van der Waals surface area contributed by atoms with Crippen molar-refractivity contribution in [1.82, 2.24) is 4.90 Å². The van der Waals surface area contributed by atoms with Crippen molar-refractivity contribution < 1.29 is 19.4 Å². The SMILES string of the molecule is COCCOc1cccc(C(=O)N2CC(O)CCC2C)c1. The van der Waals surface area contributed by atoms with Crippen LogP contribution in [0.2, 0.25) is 0 Å². The summed E-state index contributed by atoms with van der Waals surface area (Å²) in [7, 11) is 1.62. The molecule has 1 heterocycles. The topological polar surface area (TPSA) is 59.0 Å². The lowest BCUT2D eigenvalue weighted by Gasteiger charge is -2.36. The molecule has 116 valence electrons. The Bertz CT molecular complexity index is 477. The predicted octanol–water partition coefficient (Wildman–Crippen LogP) is 1.70. The Morgan fingerprint density at radius 2 is 2.19 bits per heavy atom. The molecule has 21 heavy (non-hydrogen) atoms. The van der Waals surface area contributed by atoms with Crippen LogP contribution < -0.4 is 4.74 Å². The summed E-state index contributed by atoms with van der Waals surface area (Å²) in [6.45, 7) is 3.37. The molecule has 5 heteroatoms. The number of ether oxygens (including phenoxy) is 2. The summed E-state index contributed by atoms with van der Waals surface area (Å²) < 4.78 is 10.5. The van der Waals surface area contributed by atoms with Gasteiger partial charge in [0.2, 0.25) is 0 Å². The highest BCUT2D eigenvalue weighted by molar-refractivity contribution is 5.94. The lowest BCUT2D eigenvalue weighted by Crippen LogP contribution is -2.47. The fraction of sp³-hybridized carbons (Fsp3) is 0.562. The first-order valence-electron chi connectivity index (χ1n) is 7.32. The van der Waals surface area contributed by atoms with E-state index in [0.29, 0.717) is 31.1 Å². The summed E-state index contributed by atoms with van der Waals surface area (Å²) in [6.07, 6.45) is 1.16. The number of benzene rings is 1. The van der Waals surface area contributed by atoms with E-state index < -0.39 is 6.10 Å². The molecule has 2 unspecified atom stereocenters. The monoisotopic (exact) mass is 293 g/mol. The van der Waals surface area contributed by atoms with Crippen LogP contribution >= 0.6 is 0 Å². The number of carbonyl (C=O) groups is 1. The maximum atomic E-state index is 12.6. The summed E-state index contributed by atoms with van der Waals surface area (Å²) in [5, 5.41) is 9.76. The number of hydrogen-bond acceptors (Lipinski definition) is 4. The molecule has 1 aliphatic rings. The van der Waals surface area contributed by atoms with Crippen LogP contribution in [0.15, 0.2) is 24.3 Å².